The van der Waals surface area contributed by atoms with Crippen LogP contribution in [0.5, 0.6) is 5.75 Å². The van der Waals surface area contributed by atoms with Crippen molar-refractivity contribution in [3.8, 4) is 5.75 Å². The zero-order valence-electron chi connectivity index (χ0n) is 9.97. The number of hydrogen-bond donors (Lipinski definition) is 0. The Morgan fingerprint density at radius 3 is 2.20 bits per heavy atom. The van der Waals surface area contributed by atoms with Crippen LogP contribution in [0.3, 0.4) is 0 Å². The summed E-state index contributed by atoms with van der Waals surface area (Å²) in [4.78, 5) is 15.6. The molecule has 0 aromatic carbocycles. The molecule has 0 saturated heterocycles. The van der Waals surface area contributed by atoms with Crippen molar-refractivity contribution in [1.29, 1.82) is 0 Å². The van der Waals surface area contributed by atoms with Crippen LogP contribution in [0.25, 0.3) is 0 Å². The number of nitrogens with zero attached hydrogens (tertiary/aromatic N) is 1. The van der Waals surface area contributed by atoms with Crippen LogP contribution in [0.15, 0.2) is 4.79 Å². The molecule has 0 amide bonds. The topological polar surface area (TPSA) is 39.2 Å². The average molecular weight is 207 g/mol. The van der Waals surface area contributed by atoms with Crippen LogP contribution < -0.4 is 10.3 Å². The van der Waals surface area contributed by atoms with Gasteiger partial charge in [0.1, 0.15) is 5.75 Å². The normalized spacial score (nSPS) is 10.2. The highest BCUT2D eigenvalue weighted by atomic mass is 16.5. The van der Waals surface area contributed by atoms with Crippen LogP contribution in [-0.2, 0) is 0 Å². The zero-order chi connectivity index (χ0) is 11.6. The first-order valence-electron chi connectivity index (χ1n) is 5.10. The largest absolute Gasteiger partial charge is 0.493 e. The molecule has 0 bridgehead atoms. The van der Waals surface area contributed by atoms with Gasteiger partial charge >= 0.3 is 0 Å². The van der Waals surface area contributed by atoms with E-state index in [4.69, 9.17) is 4.74 Å². The van der Waals surface area contributed by atoms with Gasteiger partial charge in [0.2, 0.25) is 0 Å². The fraction of sp³-hybridized carbons (Fsp3) is 0.500. The third-order valence-electron chi connectivity index (χ3n) is 2.67. The molecule has 1 rings (SSSR count). The van der Waals surface area contributed by atoms with Crippen LogP contribution in [0.2, 0.25) is 0 Å². The van der Waals surface area contributed by atoms with E-state index in [0.717, 1.165) is 22.6 Å². The molecular formula is C12H17NO2. The predicted molar refractivity (Wildman–Crippen MR) is 60.6 cm³/mol. The summed E-state index contributed by atoms with van der Waals surface area (Å²) in [6.45, 7) is 9.97. The standard InChI is InChI=1S/C12H17NO2/c1-6-15-11-7(2)8(3)12(14)13-10(5)9(11)4/h6H2,1-5H3. The van der Waals surface area contributed by atoms with Gasteiger partial charge in [0.15, 0.2) is 0 Å². The molecule has 0 radical (unpaired) electrons. The maximum atomic E-state index is 11.6. The third-order valence-corrected chi connectivity index (χ3v) is 2.67. The first-order valence-corrected chi connectivity index (χ1v) is 5.10. The van der Waals surface area contributed by atoms with E-state index in [9.17, 15) is 4.79 Å². The molecule has 82 valence electrons. The average Bonchev–Trinajstić information content (AvgIpc) is 2.26. The molecule has 0 aliphatic rings. The lowest BCUT2D eigenvalue weighted by Gasteiger charge is -2.08. The van der Waals surface area contributed by atoms with Crippen molar-refractivity contribution >= 4 is 0 Å². The maximum Gasteiger partial charge on any atom is 0.273 e. The minimum Gasteiger partial charge on any atom is -0.493 e. The van der Waals surface area contributed by atoms with Crippen molar-refractivity contribution < 1.29 is 4.74 Å². The van der Waals surface area contributed by atoms with E-state index in [1.807, 2.05) is 27.7 Å². The summed E-state index contributed by atoms with van der Waals surface area (Å²) in [5, 5.41) is 0. The monoisotopic (exact) mass is 207 g/mol. The molecule has 3 nitrogen and oxygen atoms in total. The van der Waals surface area contributed by atoms with E-state index in [2.05, 4.69) is 4.98 Å². The van der Waals surface area contributed by atoms with Crippen LogP contribution in [0, 0.1) is 27.7 Å². The Labute approximate surface area is 90.1 Å². The Kier molecular flexibility index (Phi) is 3.45. The number of aryl methyl sites for hydroxylation is 1. The lowest BCUT2D eigenvalue weighted by atomic mass is 10.1. The number of ether oxygens (including phenoxy) is 1. The third kappa shape index (κ3) is 2.17. The Morgan fingerprint density at radius 2 is 1.67 bits per heavy atom. The Balaban J connectivity index is 3.65. The SMILES string of the molecule is CCOc1c(C)c(C)nc(=O)c(C)c1C. The molecule has 15 heavy (non-hydrogen) atoms. The minimum absolute atomic E-state index is 0.168. The molecule has 1 heterocycles. The highest BCUT2D eigenvalue weighted by molar-refractivity contribution is 5.43. The molecule has 1 aromatic heterocycles. The van der Waals surface area contributed by atoms with Crippen molar-refractivity contribution in [3.05, 3.63) is 32.7 Å². The second-order valence-corrected chi connectivity index (χ2v) is 3.64. The van der Waals surface area contributed by atoms with Crippen LogP contribution in [-0.4, -0.2) is 11.6 Å². The van der Waals surface area contributed by atoms with Gasteiger partial charge in [-0.05, 0) is 40.2 Å². The first kappa shape index (κ1) is 11.7. The fourth-order valence-electron chi connectivity index (χ4n) is 1.46. The van der Waals surface area contributed by atoms with E-state index < -0.39 is 0 Å². The van der Waals surface area contributed by atoms with Gasteiger partial charge in [0.05, 0.1) is 6.61 Å². The summed E-state index contributed by atoms with van der Waals surface area (Å²) in [7, 11) is 0. The van der Waals surface area contributed by atoms with Gasteiger partial charge < -0.3 is 4.74 Å². The predicted octanol–water partition coefficient (Wildman–Crippen LogP) is 2.07. The van der Waals surface area contributed by atoms with E-state index >= 15 is 0 Å². The lowest BCUT2D eigenvalue weighted by molar-refractivity contribution is 0.335. The molecule has 0 atom stereocenters. The van der Waals surface area contributed by atoms with Crippen molar-refractivity contribution in [3.63, 3.8) is 0 Å². The van der Waals surface area contributed by atoms with E-state index in [1.54, 1.807) is 6.92 Å². The molecule has 0 unspecified atom stereocenters. The molecule has 0 saturated carbocycles. The summed E-state index contributed by atoms with van der Waals surface area (Å²) < 4.78 is 5.57. The summed E-state index contributed by atoms with van der Waals surface area (Å²) in [6.07, 6.45) is 0. The quantitative estimate of drug-likeness (QED) is 0.745. The van der Waals surface area contributed by atoms with E-state index in [1.165, 1.54) is 0 Å². The van der Waals surface area contributed by atoms with Gasteiger partial charge in [-0.25, -0.2) is 4.98 Å². The van der Waals surface area contributed by atoms with Gasteiger partial charge in [-0.1, -0.05) is 0 Å². The molecule has 0 aliphatic heterocycles. The van der Waals surface area contributed by atoms with E-state index in [0.29, 0.717) is 12.2 Å². The van der Waals surface area contributed by atoms with Crippen LogP contribution in [0.1, 0.15) is 29.3 Å². The zero-order valence-corrected chi connectivity index (χ0v) is 9.97. The van der Waals surface area contributed by atoms with Gasteiger partial charge in [-0.2, -0.15) is 0 Å². The van der Waals surface area contributed by atoms with Crippen molar-refractivity contribution in [1.82, 2.24) is 4.98 Å². The van der Waals surface area contributed by atoms with E-state index in [-0.39, 0.29) is 5.56 Å². The second kappa shape index (κ2) is 4.43. The minimum atomic E-state index is -0.168. The molecular weight excluding hydrogens is 190 g/mol. The summed E-state index contributed by atoms with van der Waals surface area (Å²) in [5.41, 5.74) is 3.06. The smallest absolute Gasteiger partial charge is 0.273 e. The molecule has 1 aromatic rings. The molecule has 0 spiro atoms. The molecule has 3 heteroatoms. The Morgan fingerprint density at radius 1 is 1.07 bits per heavy atom. The first-order chi connectivity index (χ1) is 6.99. The van der Waals surface area contributed by atoms with Gasteiger partial charge in [-0.3, -0.25) is 4.79 Å². The Hall–Kier alpha value is -1.38. The second-order valence-electron chi connectivity index (χ2n) is 3.64. The maximum absolute atomic E-state index is 11.6. The fourth-order valence-corrected chi connectivity index (χ4v) is 1.46. The van der Waals surface area contributed by atoms with Crippen LogP contribution in [0.4, 0.5) is 0 Å². The van der Waals surface area contributed by atoms with Crippen molar-refractivity contribution in [2.24, 2.45) is 0 Å². The molecule has 0 fully saturated rings. The number of rotatable bonds is 2. The van der Waals surface area contributed by atoms with Gasteiger partial charge in [0.25, 0.3) is 5.56 Å². The lowest BCUT2D eigenvalue weighted by Crippen LogP contribution is -2.07. The van der Waals surface area contributed by atoms with Crippen molar-refractivity contribution in [2.45, 2.75) is 34.6 Å². The summed E-state index contributed by atoms with van der Waals surface area (Å²) >= 11 is 0. The number of hydrogen-bond acceptors (Lipinski definition) is 3. The van der Waals surface area contributed by atoms with Gasteiger partial charge in [0, 0.05) is 16.8 Å². The van der Waals surface area contributed by atoms with Gasteiger partial charge in [-0.15, -0.1) is 0 Å². The highest BCUT2D eigenvalue weighted by Crippen LogP contribution is 2.23. The summed E-state index contributed by atoms with van der Waals surface area (Å²) in [5.74, 6) is 0.794. The molecule has 0 N–H and O–H groups in total. The highest BCUT2D eigenvalue weighted by Gasteiger charge is 2.10. The summed E-state index contributed by atoms with van der Waals surface area (Å²) in [6, 6.07) is 0. The van der Waals surface area contributed by atoms with Crippen LogP contribution >= 0.6 is 0 Å². The Bertz CT molecular complexity index is 439. The molecule has 0 aliphatic carbocycles. The number of aromatic nitrogens is 1. The van der Waals surface area contributed by atoms with Crippen molar-refractivity contribution in [2.75, 3.05) is 6.61 Å².